The average Bonchev–Trinajstić information content (AvgIpc) is 2.57. The Balaban J connectivity index is 3.00. The van der Waals surface area contributed by atoms with Crippen LogP contribution in [0, 0.1) is 0 Å². The minimum absolute atomic E-state index is 0.235. The second-order valence-electron chi connectivity index (χ2n) is 3.40. The van der Waals surface area contributed by atoms with Crippen molar-refractivity contribution in [2.45, 2.75) is 32.5 Å². The molecule has 90 valence electrons. The number of unbranched alkanes of at least 4 members (excludes halogenated alkanes) is 1. The van der Waals surface area contributed by atoms with E-state index in [1.54, 1.807) is 0 Å². The van der Waals surface area contributed by atoms with E-state index in [1.807, 2.05) is 6.92 Å². The summed E-state index contributed by atoms with van der Waals surface area (Å²) >= 11 is 0. The molecule has 0 aliphatic heterocycles. The molecule has 0 amide bonds. The number of aryl methyl sites for hydroxylation is 1. The number of nitrogens with zero attached hydrogens (tertiary/aromatic N) is 2. The second-order valence-corrected chi connectivity index (χ2v) is 3.40. The summed E-state index contributed by atoms with van der Waals surface area (Å²) in [5.74, 6) is 0. The summed E-state index contributed by atoms with van der Waals surface area (Å²) in [6.07, 6.45) is -3.16. The first-order valence-electron chi connectivity index (χ1n) is 4.87. The molecule has 0 saturated carbocycles. The molecule has 0 atom stereocenters. The first-order chi connectivity index (χ1) is 7.36. The predicted molar refractivity (Wildman–Crippen MR) is 52.0 cm³/mol. The van der Waals surface area contributed by atoms with Gasteiger partial charge < -0.3 is 10.0 Å². The molecule has 0 saturated heterocycles. The minimum Gasteiger partial charge on any atom is -0.422 e. The Kier molecular flexibility index (Phi) is 3.98. The van der Waals surface area contributed by atoms with Gasteiger partial charge in [0.25, 0.3) is 0 Å². The summed E-state index contributed by atoms with van der Waals surface area (Å²) in [5.41, 5.74) is -1.34. The van der Waals surface area contributed by atoms with Crippen LogP contribution >= 0.6 is 0 Å². The molecule has 0 radical (unpaired) electrons. The zero-order valence-corrected chi connectivity index (χ0v) is 8.70. The number of aromatic nitrogens is 2. The molecular formula is C8H12BF3N2O2. The standard InChI is InChI=1S/C8H12BF3N2O2/c1-2-3-4-14-7(9(15)16)5-6(13-14)8(10,11)12/h5,15-16H,2-4H2,1H3. The predicted octanol–water partition coefficient (Wildman–Crippen LogP) is 0.382. The fourth-order valence-electron chi connectivity index (χ4n) is 1.26. The van der Waals surface area contributed by atoms with Gasteiger partial charge >= 0.3 is 13.3 Å². The van der Waals surface area contributed by atoms with Gasteiger partial charge in [-0.2, -0.15) is 18.3 Å². The van der Waals surface area contributed by atoms with Gasteiger partial charge in [0.05, 0.1) is 5.59 Å². The van der Waals surface area contributed by atoms with E-state index >= 15 is 0 Å². The molecular weight excluding hydrogens is 224 g/mol. The first kappa shape index (κ1) is 13.1. The van der Waals surface area contributed by atoms with Crippen LogP contribution in [0.5, 0.6) is 0 Å². The molecule has 16 heavy (non-hydrogen) atoms. The molecule has 0 spiro atoms. The van der Waals surface area contributed by atoms with Crippen molar-refractivity contribution in [2.24, 2.45) is 0 Å². The molecule has 0 aromatic carbocycles. The Morgan fingerprint density at radius 3 is 2.50 bits per heavy atom. The Labute approximate surface area is 90.8 Å². The number of halogens is 3. The topological polar surface area (TPSA) is 58.3 Å². The lowest BCUT2D eigenvalue weighted by Crippen LogP contribution is -2.36. The van der Waals surface area contributed by atoms with Crippen molar-refractivity contribution in [2.75, 3.05) is 0 Å². The van der Waals surface area contributed by atoms with E-state index in [9.17, 15) is 13.2 Å². The van der Waals surface area contributed by atoms with Crippen molar-refractivity contribution < 1.29 is 23.2 Å². The third-order valence-electron chi connectivity index (χ3n) is 2.09. The van der Waals surface area contributed by atoms with Gasteiger partial charge in [0.1, 0.15) is 0 Å². The van der Waals surface area contributed by atoms with Crippen molar-refractivity contribution in [3.63, 3.8) is 0 Å². The molecule has 0 aliphatic rings. The molecule has 1 aromatic heterocycles. The zero-order valence-electron chi connectivity index (χ0n) is 8.70. The van der Waals surface area contributed by atoms with Crippen LogP contribution in [0.1, 0.15) is 25.5 Å². The highest BCUT2D eigenvalue weighted by atomic mass is 19.4. The van der Waals surface area contributed by atoms with E-state index in [0.717, 1.165) is 11.1 Å². The van der Waals surface area contributed by atoms with Gasteiger partial charge in [-0.3, -0.25) is 4.68 Å². The summed E-state index contributed by atoms with van der Waals surface area (Å²) in [6, 6.07) is 0.653. The van der Waals surface area contributed by atoms with Crippen molar-refractivity contribution in [3.8, 4) is 0 Å². The Morgan fingerprint density at radius 2 is 2.06 bits per heavy atom. The normalized spacial score (nSPS) is 11.9. The Morgan fingerprint density at radius 1 is 1.44 bits per heavy atom. The summed E-state index contributed by atoms with van der Waals surface area (Å²) < 4.78 is 38.0. The molecule has 1 rings (SSSR count). The van der Waals surface area contributed by atoms with E-state index in [-0.39, 0.29) is 12.1 Å². The van der Waals surface area contributed by atoms with E-state index in [2.05, 4.69) is 5.10 Å². The first-order valence-corrected chi connectivity index (χ1v) is 4.87. The maximum absolute atomic E-state index is 12.3. The van der Waals surface area contributed by atoms with Crippen molar-refractivity contribution in [3.05, 3.63) is 11.8 Å². The van der Waals surface area contributed by atoms with Gasteiger partial charge in [-0.05, 0) is 12.5 Å². The smallest absolute Gasteiger partial charge is 0.422 e. The molecule has 0 fully saturated rings. The van der Waals surface area contributed by atoms with Crippen LogP contribution in [0.2, 0.25) is 0 Å². The average molecular weight is 236 g/mol. The zero-order chi connectivity index (χ0) is 12.3. The lowest BCUT2D eigenvalue weighted by Gasteiger charge is -2.05. The van der Waals surface area contributed by atoms with Gasteiger partial charge in [0.15, 0.2) is 5.69 Å². The number of alkyl halides is 3. The molecule has 0 unspecified atom stereocenters. The highest BCUT2D eigenvalue weighted by Gasteiger charge is 2.36. The monoisotopic (exact) mass is 236 g/mol. The van der Waals surface area contributed by atoms with Gasteiger partial charge in [-0.15, -0.1) is 0 Å². The SMILES string of the molecule is CCCCn1nc(C(F)(F)F)cc1B(O)O. The summed E-state index contributed by atoms with van der Waals surface area (Å²) in [6.45, 7) is 2.11. The highest BCUT2D eigenvalue weighted by Crippen LogP contribution is 2.26. The molecule has 1 heterocycles. The van der Waals surface area contributed by atoms with Crippen molar-refractivity contribution >= 4 is 12.7 Å². The van der Waals surface area contributed by atoms with E-state index < -0.39 is 19.0 Å². The Hall–Kier alpha value is -1.02. The van der Waals surface area contributed by atoms with Crippen LogP contribution in [-0.4, -0.2) is 26.9 Å². The lowest BCUT2D eigenvalue weighted by atomic mass is 9.86. The van der Waals surface area contributed by atoms with Crippen LogP contribution in [0.3, 0.4) is 0 Å². The largest absolute Gasteiger partial charge is 0.507 e. The number of rotatable bonds is 4. The molecule has 0 bridgehead atoms. The number of hydrogen-bond acceptors (Lipinski definition) is 3. The van der Waals surface area contributed by atoms with Gasteiger partial charge in [-0.25, -0.2) is 0 Å². The maximum Gasteiger partial charge on any atom is 0.507 e. The fraction of sp³-hybridized carbons (Fsp3) is 0.625. The van der Waals surface area contributed by atoms with Crippen LogP contribution < -0.4 is 5.59 Å². The third kappa shape index (κ3) is 2.99. The Bertz CT molecular complexity index is 352. The summed E-state index contributed by atoms with van der Waals surface area (Å²) in [4.78, 5) is 0. The lowest BCUT2D eigenvalue weighted by molar-refractivity contribution is -0.141. The quantitative estimate of drug-likeness (QED) is 0.743. The highest BCUT2D eigenvalue weighted by molar-refractivity contribution is 6.57. The fourth-order valence-corrected chi connectivity index (χ4v) is 1.26. The van der Waals surface area contributed by atoms with Gasteiger partial charge in [0.2, 0.25) is 0 Å². The third-order valence-corrected chi connectivity index (χ3v) is 2.09. The van der Waals surface area contributed by atoms with E-state index in [0.29, 0.717) is 12.5 Å². The van der Waals surface area contributed by atoms with Gasteiger partial charge in [-0.1, -0.05) is 13.3 Å². The van der Waals surface area contributed by atoms with Gasteiger partial charge in [0, 0.05) is 6.54 Å². The van der Waals surface area contributed by atoms with Crippen LogP contribution in [-0.2, 0) is 12.7 Å². The number of hydrogen-bond donors (Lipinski definition) is 2. The molecule has 1 aromatic rings. The van der Waals surface area contributed by atoms with Crippen LogP contribution in [0.4, 0.5) is 13.2 Å². The van der Waals surface area contributed by atoms with Crippen LogP contribution in [0.15, 0.2) is 6.07 Å². The van der Waals surface area contributed by atoms with E-state index in [1.165, 1.54) is 0 Å². The summed E-state index contributed by atoms with van der Waals surface area (Å²) in [5, 5.41) is 21.1. The second kappa shape index (κ2) is 4.88. The molecule has 4 nitrogen and oxygen atoms in total. The minimum atomic E-state index is -4.57. The molecule has 2 N–H and O–H groups in total. The van der Waals surface area contributed by atoms with Crippen molar-refractivity contribution in [1.82, 2.24) is 9.78 Å². The molecule has 8 heteroatoms. The van der Waals surface area contributed by atoms with E-state index in [4.69, 9.17) is 10.0 Å². The van der Waals surface area contributed by atoms with Crippen molar-refractivity contribution in [1.29, 1.82) is 0 Å². The maximum atomic E-state index is 12.3. The van der Waals surface area contributed by atoms with Crippen LogP contribution in [0.25, 0.3) is 0 Å². The summed E-state index contributed by atoms with van der Waals surface area (Å²) in [7, 11) is -1.94. The molecule has 0 aliphatic carbocycles.